The van der Waals surface area contributed by atoms with Crippen molar-refractivity contribution >= 4 is 34.7 Å². The van der Waals surface area contributed by atoms with Gasteiger partial charge in [-0.3, -0.25) is 10.1 Å². The summed E-state index contributed by atoms with van der Waals surface area (Å²) in [7, 11) is 0. The van der Waals surface area contributed by atoms with Crippen molar-refractivity contribution in [1.29, 1.82) is 0 Å². The standard InChI is InChI=1S/C12H10Cl2N4O2/c1-2-15-12-11(18(19)20)10(16-6-17-12)8-5-7(13)3-4-9(8)14/h3-6H,2H2,1H3,(H,15,16,17). The van der Waals surface area contributed by atoms with Gasteiger partial charge in [0.1, 0.15) is 6.33 Å². The molecule has 1 N–H and O–H groups in total. The molecule has 1 heterocycles. The van der Waals surface area contributed by atoms with Gasteiger partial charge < -0.3 is 5.32 Å². The van der Waals surface area contributed by atoms with Gasteiger partial charge in [0.25, 0.3) is 0 Å². The first kappa shape index (κ1) is 14.5. The summed E-state index contributed by atoms with van der Waals surface area (Å²) in [4.78, 5) is 18.6. The highest BCUT2D eigenvalue weighted by atomic mass is 35.5. The molecule has 0 saturated carbocycles. The molecular weight excluding hydrogens is 303 g/mol. The molecule has 0 amide bonds. The quantitative estimate of drug-likeness (QED) is 0.686. The number of hydrogen-bond acceptors (Lipinski definition) is 5. The van der Waals surface area contributed by atoms with Crippen LogP contribution < -0.4 is 5.32 Å². The van der Waals surface area contributed by atoms with Crippen LogP contribution in [0.2, 0.25) is 10.0 Å². The van der Waals surface area contributed by atoms with E-state index in [1.54, 1.807) is 12.1 Å². The number of hydrogen-bond donors (Lipinski definition) is 1. The Hall–Kier alpha value is -1.92. The largest absolute Gasteiger partial charge is 0.365 e. The smallest absolute Gasteiger partial charge is 0.337 e. The molecule has 0 bridgehead atoms. The molecule has 104 valence electrons. The Morgan fingerprint density at radius 1 is 1.35 bits per heavy atom. The van der Waals surface area contributed by atoms with Crippen molar-refractivity contribution in [3.05, 3.63) is 44.7 Å². The molecule has 0 aliphatic carbocycles. The van der Waals surface area contributed by atoms with Crippen LogP contribution >= 0.6 is 23.2 Å². The lowest BCUT2D eigenvalue weighted by molar-refractivity contribution is -0.383. The van der Waals surface area contributed by atoms with Crippen LogP contribution in [-0.2, 0) is 0 Å². The van der Waals surface area contributed by atoms with Gasteiger partial charge in [-0.2, -0.15) is 0 Å². The van der Waals surface area contributed by atoms with E-state index in [2.05, 4.69) is 15.3 Å². The summed E-state index contributed by atoms with van der Waals surface area (Å²) in [5.41, 5.74) is 0.305. The average Bonchev–Trinajstić information content (AvgIpc) is 2.41. The number of rotatable bonds is 4. The minimum absolute atomic E-state index is 0.133. The van der Waals surface area contributed by atoms with Gasteiger partial charge in [-0.15, -0.1) is 0 Å². The lowest BCUT2D eigenvalue weighted by Crippen LogP contribution is -2.06. The lowest BCUT2D eigenvalue weighted by Gasteiger charge is -2.08. The third-order valence-electron chi connectivity index (χ3n) is 2.53. The zero-order chi connectivity index (χ0) is 14.7. The number of anilines is 1. The first-order valence-electron chi connectivity index (χ1n) is 5.73. The van der Waals surface area contributed by atoms with Crippen LogP contribution in [0.25, 0.3) is 11.3 Å². The van der Waals surface area contributed by atoms with Gasteiger partial charge in [0.2, 0.25) is 5.82 Å². The van der Waals surface area contributed by atoms with Crippen molar-refractivity contribution in [2.45, 2.75) is 6.92 Å². The Labute approximate surface area is 124 Å². The molecule has 2 aromatic rings. The lowest BCUT2D eigenvalue weighted by atomic mass is 10.1. The van der Waals surface area contributed by atoms with Crippen LogP contribution in [0, 0.1) is 10.1 Å². The second-order valence-electron chi connectivity index (χ2n) is 3.83. The maximum absolute atomic E-state index is 11.3. The summed E-state index contributed by atoms with van der Waals surface area (Å²) in [6, 6.07) is 4.71. The van der Waals surface area contributed by atoms with E-state index < -0.39 is 4.92 Å². The van der Waals surface area contributed by atoms with Crippen LogP contribution in [0.15, 0.2) is 24.5 Å². The highest BCUT2D eigenvalue weighted by Crippen LogP contribution is 2.37. The van der Waals surface area contributed by atoms with Crippen molar-refractivity contribution < 1.29 is 4.92 Å². The van der Waals surface area contributed by atoms with E-state index in [1.165, 1.54) is 12.4 Å². The van der Waals surface area contributed by atoms with E-state index in [9.17, 15) is 10.1 Å². The number of nitro groups is 1. The molecule has 0 aliphatic heterocycles. The number of nitrogens with one attached hydrogen (secondary N) is 1. The molecule has 20 heavy (non-hydrogen) atoms. The second kappa shape index (κ2) is 6.02. The monoisotopic (exact) mass is 312 g/mol. The van der Waals surface area contributed by atoms with Crippen LogP contribution in [0.1, 0.15) is 6.92 Å². The first-order chi connectivity index (χ1) is 9.54. The molecular formula is C12H10Cl2N4O2. The Kier molecular flexibility index (Phi) is 4.36. The topological polar surface area (TPSA) is 81.0 Å². The van der Waals surface area contributed by atoms with Gasteiger partial charge in [0, 0.05) is 17.1 Å². The van der Waals surface area contributed by atoms with Gasteiger partial charge >= 0.3 is 5.69 Å². The molecule has 0 saturated heterocycles. The van der Waals surface area contributed by atoms with E-state index in [0.29, 0.717) is 22.2 Å². The predicted octanol–water partition coefficient (Wildman–Crippen LogP) is 3.79. The second-order valence-corrected chi connectivity index (χ2v) is 4.67. The fourth-order valence-electron chi connectivity index (χ4n) is 1.72. The van der Waals surface area contributed by atoms with Gasteiger partial charge in [-0.1, -0.05) is 23.2 Å². The number of halogens is 2. The summed E-state index contributed by atoms with van der Waals surface area (Å²) >= 11 is 12.0. The van der Waals surface area contributed by atoms with Crippen LogP contribution in [-0.4, -0.2) is 21.4 Å². The molecule has 0 radical (unpaired) electrons. The average molecular weight is 313 g/mol. The fraction of sp³-hybridized carbons (Fsp3) is 0.167. The molecule has 1 aromatic carbocycles. The van der Waals surface area contributed by atoms with E-state index in [1.807, 2.05) is 6.92 Å². The summed E-state index contributed by atoms with van der Waals surface area (Å²) < 4.78 is 0. The zero-order valence-corrected chi connectivity index (χ0v) is 11.9. The van der Waals surface area contributed by atoms with Gasteiger partial charge in [0.05, 0.1) is 9.95 Å². The fourth-order valence-corrected chi connectivity index (χ4v) is 2.10. The van der Waals surface area contributed by atoms with Crippen molar-refractivity contribution in [2.75, 3.05) is 11.9 Å². The van der Waals surface area contributed by atoms with Gasteiger partial charge in [-0.05, 0) is 25.1 Å². The first-order valence-corrected chi connectivity index (χ1v) is 6.48. The Morgan fingerprint density at radius 2 is 2.10 bits per heavy atom. The molecule has 6 nitrogen and oxygen atoms in total. The highest BCUT2D eigenvalue weighted by molar-refractivity contribution is 6.35. The third kappa shape index (κ3) is 2.81. The summed E-state index contributed by atoms with van der Waals surface area (Å²) in [5, 5.41) is 14.9. The molecule has 0 fully saturated rings. The van der Waals surface area contributed by atoms with E-state index in [0.717, 1.165) is 0 Å². The normalized spacial score (nSPS) is 10.3. The van der Waals surface area contributed by atoms with Gasteiger partial charge in [0.15, 0.2) is 5.69 Å². The van der Waals surface area contributed by atoms with E-state index in [-0.39, 0.29) is 17.2 Å². The number of benzene rings is 1. The maximum Gasteiger partial charge on any atom is 0.337 e. The highest BCUT2D eigenvalue weighted by Gasteiger charge is 2.25. The van der Waals surface area contributed by atoms with Crippen molar-refractivity contribution in [2.24, 2.45) is 0 Å². The number of aromatic nitrogens is 2. The maximum atomic E-state index is 11.3. The Bertz CT molecular complexity index is 664. The Morgan fingerprint density at radius 3 is 2.75 bits per heavy atom. The van der Waals surface area contributed by atoms with Crippen molar-refractivity contribution in [1.82, 2.24) is 9.97 Å². The minimum Gasteiger partial charge on any atom is -0.365 e. The molecule has 8 heteroatoms. The molecule has 0 spiro atoms. The van der Waals surface area contributed by atoms with E-state index >= 15 is 0 Å². The third-order valence-corrected chi connectivity index (χ3v) is 3.10. The van der Waals surface area contributed by atoms with Gasteiger partial charge in [-0.25, -0.2) is 9.97 Å². The minimum atomic E-state index is -0.537. The SMILES string of the molecule is CCNc1ncnc(-c2cc(Cl)ccc2Cl)c1[N+](=O)[O-]. The molecule has 2 rings (SSSR count). The van der Waals surface area contributed by atoms with Crippen molar-refractivity contribution in [3.8, 4) is 11.3 Å². The number of nitrogens with zero attached hydrogens (tertiary/aromatic N) is 3. The molecule has 1 aromatic heterocycles. The van der Waals surface area contributed by atoms with Crippen LogP contribution in [0.4, 0.5) is 11.5 Å². The summed E-state index contributed by atoms with van der Waals surface area (Å²) in [5.74, 6) is 0.151. The molecule has 0 unspecified atom stereocenters. The van der Waals surface area contributed by atoms with Crippen LogP contribution in [0.3, 0.4) is 0 Å². The summed E-state index contributed by atoms with van der Waals surface area (Å²) in [6.07, 6.45) is 1.25. The predicted molar refractivity (Wildman–Crippen MR) is 78.3 cm³/mol. The summed E-state index contributed by atoms with van der Waals surface area (Å²) in [6.45, 7) is 2.32. The van der Waals surface area contributed by atoms with Crippen molar-refractivity contribution in [3.63, 3.8) is 0 Å². The Balaban J connectivity index is 2.70. The van der Waals surface area contributed by atoms with Crippen LogP contribution in [0.5, 0.6) is 0 Å². The molecule has 0 aliphatic rings. The molecule has 0 atom stereocenters. The van der Waals surface area contributed by atoms with E-state index in [4.69, 9.17) is 23.2 Å². The zero-order valence-electron chi connectivity index (χ0n) is 10.4.